The van der Waals surface area contributed by atoms with E-state index in [0.29, 0.717) is 0 Å². The molecule has 2 aromatic rings. The van der Waals surface area contributed by atoms with E-state index in [9.17, 15) is 26.4 Å². The van der Waals surface area contributed by atoms with Gasteiger partial charge in [-0.2, -0.15) is 13.2 Å². The zero-order valence-corrected chi connectivity index (χ0v) is 20.1. The zero-order chi connectivity index (χ0) is 25.9. The summed E-state index contributed by atoms with van der Waals surface area (Å²) in [7, 11) is -4.10. The molecular formula is C22H22ClF3N4O4S. The lowest BCUT2D eigenvalue weighted by atomic mass is 10.0. The highest BCUT2D eigenvalue weighted by Crippen LogP contribution is 2.59. The van der Waals surface area contributed by atoms with Crippen molar-refractivity contribution in [2.75, 3.05) is 6.61 Å². The summed E-state index contributed by atoms with van der Waals surface area (Å²) in [6.45, 7) is 4.65. The molecule has 0 spiro atoms. The second-order valence-corrected chi connectivity index (χ2v) is 10.0. The van der Waals surface area contributed by atoms with E-state index < -0.39 is 27.5 Å². The van der Waals surface area contributed by atoms with Gasteiger partial charge in [-0.3, -0.25) is 4.79 Å². The molecule has 2 aromatic heterocycles. The summed E-state index contributed by atoms with van der Waals surface area (Å²) in [4.78, 5) is 16.4. The zero-order valence-electron chi connectivity index (χ0n) is 18.5. The van der Waals surface area contributed by atoms with Crippen molar-refractivity contribution >= 4 is 27.5 Å². The normalized spacial score (nSPS) is 15.7. The maximum Gasteiger partial charge on any atom is 0.394 e. The Hall–Kier alpha value is -3.12. The van der Waals surface area contributed by atoms with Crippen LogP contribution in [0.4, 0.5) is 13.2 Å². The van der Waals surface area contributed by atoms with E-state index in [1.807, 2.05) is 4.72 Å². The van der Waals surface area contributed by atoms with Gasteiger partial charge in [0.1, 0.15) is 5.15 Å². The number of nitrogens with one attached hydrogen (secondary N) is 1. The van der Waals surface area contributed by atoms with Gasteiger partial charge in [-0.15, -0.1) is 5.10 Å². The Morgan fingerprint density at radius 2 is 2.03 bits per heavy atom. The van der Waals surface area contributed by atoms with Gasteiger partial charge in [0, 0.05) is 12.3 Å². The third-order valence-corrected chi connectivity index (χ3v) is 7.12. The van der Waals surface area contributed by atoms with Crippen molar-refractivity contribution in [3.63, 3.8) is 0 Å². The molecule has 0 aliphatic heterocycles. The number of alkyl halides is 3. The van der Waals surface area contributed by atoms with E-state index in [1.54, 1.807) is 0 Å². The Kier molecular flexibility index (Phi) is 7.75. The van der Waals surface area contributed by atoms with E-state index in [2.05, 4.69) is 16.7 Å². The van der Waals surface area contributed by atoms with Gasteiger partial charge in [0.05, 0.1) is 22.5 Å². The van der Waals surface area contributed by atoms with Gasteiger partial charge >= 0.3 is 6.18 Å². The Bertz CT molecular complexity index is 1280. The number of halogens is 4. The van der Waals surface area contributed by atoms with E-state index in [1.165, 1.54) is 60.3 Å². The Morgan fingerprint density at radius 3 is 2.63 bits per heavy atom. The first kappa shape index (κ1) is 26.5. The number of hydrogen-bond donors (Lipinski definition) is 1. The van der Waals surface area contributed by atoms with Gasteiger partial charge < -0.3 is 4.74 Å². The standard InChI is InChI=1S/C22H22ClF3N4O4S/c1-3-4-5-6-15(2)35(32,33)29-20(31)16-7-8-17(27-19(16)23)30-13-9-18(28-30)34-14-12-21(10-11-21)22(24,25)26/h3-9,13H,1,10-12,14H2,2H3,(H,29,31)/b5-4-,15-6+. The van der Waals surface area contributed by atoms with Gasteiger partial charge in [0.25, 0.3) is 15.9 Å². The summed E-state index contributed by atoms with van der Waals surface area (Å²) in [6.07, 6.45) is 3.00. The van der Waals surface area contributed by atoms with Crippen molar-refractivity contribution in [2.24, 2.45) is 5.41 Å². The Labute approximate surface area is 205 Å². The number of carbonyl (C=O) groups is 1. The highest BCUT2D eigenvalue weighted by Gasteiger charge is 2.62. The van der Waals surface area contributed by atoms with Gasteiger partial charge in [0.2, 0.25) is 5.88 Å². The van der Waals surface area contributed by atoms with Crippen molar-refractivity contribution in [1.29, 1.82) is 0 Å². The summed E-state index contributed by atoms with van der Waals surface area (Å²) >= 11 is 6.09. The van der Waals surface area contributed by atoms with E-state index in [4.69, 9.17) is 16.3 Å². The SMILES string of the molecule is C=C/C=C\C=C(/C)S(=O)(=O)NC(=O)c1ccc(-n2ccc(OCCC3(C(F)(F)F)CC3)n2)nc1Cl. The average Bonchev–Trinajstić information content (AvgIpc) is 3.43. The number of carbonyl (C=O) groups excluding carboxylic acids is 1. The lowest BCUT2D eigenvalue weighted by molar-refractivity contribution is -0.190. The summed E-state index contributed by atoms with van der Waals surface area (Å²) in [5, 5.41) is 3.82. The largest absolute Gasteiger partial charge is 0.477 e. The lowest BCUT2D eigenvalue weighted by Crippen LogP contribution is -2.31. The third kappa shape index (κ3) is 6.31. The van der Waals surface area contributed by atoms with E-state index >= 15 is 0 Å². The minimum atomic E-state index is -4.25. The maximum absolute atomic E-state index is 13.0. The van der Waals surface area contributed by atoms with Crippen molar-refractivity contribution in [3.8, 4) is 11.7 Å². The van der Waals surface area contributed by atoms with Crippen LogP contribution in [0.5, 0.6) is 5.88 Å². The van der Waals surface area contributed by atoms with Crippen molar-refractivity contribution in [3.05, 3.63) is 70.9 Å². The third-order valence-electron chi connectivity index (χ3n) is 5.39. The van der Waals surface area contributed by atoms with E-state index in [-0.39, 0.29) is 53.2 Å². The molecule has 1 fully saturated rings. The fourth-order valence-corrected chi connectivity index (χ4v) is 4.04. The number of nitrogens with zero attached hydrogens (tertiary/aromatic N) is 3. The number of aromatic nitrogens is 3. The van der Waals surface area contributed by atoms with Gasteiger partial charge in [0.15, 0.2) is 5.82 Å². The molecule has 0 radical (unpaired) electrons. The predicted molar refractivity (Wildman–Crippen MR) is 124 cm³/mol. The monoisotopic (exact) mass is 530 g/mol. The number of sulfonamides is 1. The summed E-state index contributed by atoms with van der Waals surface area (Å²) in [5.74, 6) is -0.692. The Balaban J connectivity index is 1.65. The average molecular weight is 531 g/mol. The number of pyridine rings is 1. The van der Waals surface area contributed by atoms with Gasteiger partial charge in [-0.1, -0.05) is 36.4 Å². The van der Waals surface area contributed by atoms with Crippen LogP contribution in [0.3, 0.4) is 0 Å². The molecule has 1 amide bonds. The van der Waals surface area contributed by atoms with Gasteiger partial charge in [-0.25, -0.2) is 22.8 Å². The first-order valence-electron chi connectivity index (χ1n) is 10.3. The number of hydrogen-bond acceptors (Lipinski definition) is 6. The molecule has 8 nitrogen and oxygen atoms in total. The number of allylic oxidation sites excluding steroid dienone is 5. The van der Waals surface area contributed by atoms with Crippen LogP contribution in [0.1, 0.15) is 36.5 Å². The molecular weight excluding hydrogens is 509 g/mol. The topological polar surface area (TPSA) is 103 Å². The molecule has 188 valence electrons. The minimum absolute atomic E-state index is 0.0974. The van der Waals surface area contributed by atoms with Crippen LogP contribution in [-0.4, -0.2) is 41.9 Å². The van der Waals surface area contributed by atoms with Crippen LogP contribution in [-0.2, 0) is 10.0 Å². The smallest absolute Gasteiger partial charge is 0.394 e. The molecule has 0 atom stereocenters. The first-order valence-corrected chi connectivity index (χ1v) is 12.2. The lowest BCUT2D eigenvalue weighted by Gasteiger charge is -2.18. The second-order valence-electron chi connectivity index (χ2n) is 7.82. The molecule has 0 aromatic carbocycles. The molecule has 1 aliphatic carbocycles. The number of ether oxygens (including phenoxy) is 1. The minimum Gasteiger partial charge on any atom is -0.477 e. The molecule has 1 aliphatic rings. The predicted octanol–water partition coefficient (Wildman–Crippen LogP) is 4.74. The number of rotatable bonds is 10. The van der Waals surface area contributed by atoms with Crippen LogP contribution in [0, 0.1) is 5.41 Å². The fraction of sp³-hybridized carbons (Fsp3) is 0.318. The van der Waals surface area contributed by atoms with Crippen LogP contribution < -0.4 is 9.46 Å². The van der Waals surface area contributed by atoms with E-state index in [0.717, 1.165) is 0 Å². The number of amides is 1. The second kappa shape index (κ2) is 10.2. The van der Waals surface area contributed by atoms with Crippen LogP contribution >= 0.6 is 11.6 Å². The molecule has 1 N–H and O–H groups in total. The van der Waals surface area contributed by atoms with Crippen molar-refractivity contribution in [1.82, 2.24) is 19.5 Å². The highest BCUT2D eigenvalue weighted by atomic mass is 35.5. The van der Waals surface area contributed by atoms with Crippen LogP contribution in [0.2, 0.25) is 5.15 Å². The van der Waals surface area contributed by atoms with Crippen molar-refractivity contribution < 1.29 is 31.1 Å². The molecule has 3 rings (SSSR count). The summed E-state index contributed by atoms with van der Waals surface area (Å²) < 4.78 is 72.1. The molecule has 2 heterocycles. The van der Waals surface area contributed by atoms with Gasteiger partial charge in [-0.05, 0) is 44.4 Å². The quantitative estimate of drug-likeness (QED) is 0.351. The molecule has 0 saturated heterocycles. The van der Waals surface area contributed by atoms with Crippen LogP contribution in [0.15, 0.2) is 60.2 Å². The highest BCUT2D eigenvalue weighted by molar-refractivity contribution is 7.93. The molecule has 1 saturated carbocycles. The van der Waals surface area contributed by atoms with Crippen molar-refractivity contribution in [2.45, 2.75) is 32.4 Å². The first-order chi connectivity index (χ1) is 16.4. The molecule has 35 heavy (non-hydrogen) atoms. The molecule has 0 bridgehead atoms. The fourth-order valence-electron chi connectivity index (χ4n) is 3.03. The van der Waals surface area contributed by atoms with Crippen LogP contribution in [0.25, 0.3) is 5.82 Å². The maximum atomic E-state index is 13.0. The molecule has 0 unspecified atom stereocenters. The summed E-state index contributed by atoms with van der Waals surface area (Å²) in [5.41, 5.74) is -1.84. The molecule has 13 heteroatoms. The summed E-state index contributed by atoms with van der Waals surface area (Å²) in [6, 6.07) is 4.10. The Morgan fingerprint density at radius 1 is 1.31 bits per heavy atom.